The van der Waals surface area contributed by atoms with Gasteiger partial charge >= 0.3 is 0 Å². The van der Waals surface area contributed by atoms with Gasteiger partial charge in [-0.2, -0.15) is 0 Å². The molecule has 0 bridgehead atoms. The molecule has 0 saturated carbocycles. The van der Waals surface area contributed by atoms with Gasteiger partial charge in [0.1, 0.15) is 0 Å². The second kappa shape index (κ2) is 7.12. The molecule has 3 rings (SSSR count). The summed E-state index contributed by atoms with van der Waals surface area (Å²) in [7, 11) is 0. The predicted octanol–water partition coefficient (Wildman–Crippen LogP) is 1.89. The molecule has 1 aliphatic rings. The predicted molar refractivity (Wildman–Crippen MR) is 93.6 cm³/mol. The summed E-state index contributed by atoms with van der Waals surface area (Å²) < 4.78 is 22.2. The Morgan fingerprint density at radius 1 is 1.25 bits per heavy atom. The van der Waals surface area contributed by atoms with Crippen LogP contribution < -0.4 is 10.5 Å². The van der Waals surface area contributed by atoms with E-state index >= 15 is 0 Å². The Kier molecular flexibility index (Phi) is 4.94. The SMILES string of the molecule is NC(=O)c1ccc2c(c1)CCN(Cc1cccc(NS(=O)O)c1)C2. The first-order valence-corrected chi connectivity index (χ1v) is 8.72. The van der Waals surface area contributed by atoms with Gasteiger partial charge < -0.3 is 5.73 Å². The molecule has 1 atom stereocenters. The van der Waals surface area contributed by atoms with Crippen LogP contribution in [-0.4, -0.2) is 26.1 Å². The number of nitrogens with one attached hydrogen (secondary N) is 1. The monoisotopic (exact) mass is 345 g/mol. The third-order valence-corrected chi connectivity index (χ3v) is 4.53. The molecule has 1 unspecified atom stereocenters. The summed E-state index contributed by atoms with van der Waals surface area (Å²) in [6.07, 6.45) is 0.870. The number of carbonyl (C=O) groups excluding carboxylic acids is 1. The molecule has 0 fully saturated rings. The molecular formula is C17H19N3O3S. The first-order chi connectivity index (χ1) is 11.5. The number of nitrogens with zero attached hydrogens (tertiary/aromatic N) is 1. The van der Waals surface area contributed by atoms with Gasteiger partial charge in [0.25, 0.3) is 11.3 Å². The molecule has 2 aromatic rings. The fourth-order valence-electron chi connectivity index (χ4n) is 2.99. The molecule has 1 heterocycles. The van der Waals surface area contributed by atoms with Crippen molar-refractivity contribution in [3.05, 3.63) is 64.7 Å². The lowest BCUT2D eigenvalue weighted by Crippen LogP contribution is -2.30. The van der Waals surface area contributed by atoms with Crippen molar-refractivity contribution < 1.29 is 13.6 Å². The Hall–Kier alpha value is -2.22. The third-order valence-electron chi connectivity index (χ3n) is 4.12. The average Bonchev–Trinajstić information content (AvgIpc) is 2.54. The highest BCUT2D eigenvalue weighted by Gasteiger charge is 2.17. The maximum atomic E-state index is 11.3. The van der Waals surface area contributed by atoms with Crippen molar-refractivity contribution in [1.82, 2.24) is 4.90 Å². The van der Waals surface area contributed by atoms with Gasteiger partial charge in [-0.3, -0.25) is 19.0 Å². The van der Waals surface area contributed by atoms with Gasteiger partial charge in [-0.05, 0) is 47.4 Å². The minimum atomic E-state index is -2.07. The third kappa shape index (κ3) is 4.00. The summed E-state index contributed by atoms with van der Waals surface area (Å²) in [5.41, 5.74) is 9.96. The summed E-state index contributed by atoms with van der Waals surface area (Å²) in [5.74, 6) is -0.397. The smallest absolute Gasteiger partial charge is 0.259 e. The van der Waals surface area contributed by atoms with Crippen molar-refractivity contribution in [3.8, 4) is 0 Å². The van der Waals surface area contributed by atoms with Gasteiger partial charge in [-0.15, -0.1) is 0 Å². The van der Waals surface area contributed by atoms with E-state index in [0.717, 1.165) is 31.6 Å². The van der Waals surface area contributed by atoms with Crippen LogP contribution in [0.15, 0.2) is 42.5 Å². The van der Waals surface area contributed by atoms with E-state index in [4.69, 9.17) is 10.3 Å². The second-order valence-electron chi connectivity index (χ2n) is 5.86. The molecule has 1 aliphatic heterocycles. The van der Waals surface area contributed by atoms with E-state index in [-0.39, 0.29) is 0 Å². The molecule has 0 aromatic heterocycles. The molecule has 0 radical (unpaired) electrons. The first-order valence-electron chi connectivity index (χ1n) is 7.61. The van der Waals surface area contributed by atoms with E-state index < -0.39 is 17.2 Å². The molecule has 0 aliphatic carbocycles. The van der Waals surface area contributed by atoms with Crippen molar-refractivity contribution in [3.63, 3.8) is 0 Å². The van der Waals surface area contributed by atoms with Crippen LogP contribution in [0.2, 0.25) is 0 Å². The van der Waals surface area contributed by atoms with Gasteiger partial charge in [0.15, 0.2) is 0 Å². The number of anilines is 1. The minimum Gasteiger partial charge on any atom is -0.366 e. The van der Waals surface area contributed by atoms with E-state index in [2.05, 4.69) is 9.62 Å². The van der Waals surface area contributed by atoms with Gasteiger partial charge in [-0.1, -0.05) is 18.2 Å². The summed E-state index contributed by atoms with van der Waals surface area (Å²) in [5, 5.41) is 0. The lowest BCUT2D eigenvalue weighted by molar-refractivity contribution is 0.1000. The number of benzene rings is 2. The Morgan fingerprint density at radius 2 is 2.08 bits per heavy atom. The highest BCUT2D eigenvalue weighted by atomic mass is 32.2. The lowest BCUT2D eigenvalue weighted by atomic mass is 9.96. The van der Waals surface area contributed by atoms with Crippen LogP contribution in [-0.2, 0) is 30.8 Å². The zero-order chi connectivity index (χ0) is 17.1. The van der Waals surface area contributed by atoms with E-state index in [1.807, 2.05) is 30.3 Å². The maximum Gasteiger partial charge on any atom is 0.259 e. The van der Waals surface area contributed by atoms with Crippen LogP contribution in [0.3, 0.4) is 0 Å². The number of primary amides is 1. The molecule has 126 valence electrons. The number of rotatable bonds is 5. The quantitative estimate of drug-likeness (QED) is 0.721. The fraction of sp³-hybridized carbons (Fsp3) is 0.235. The molecular weight excluding hydrogens is 326 g/mol. The second-order valence-corrected chi connectivity index (χ2v) is 6.56. The number of fused-ring (bicyclic) bond motifs is 1. The maximum absolute atomic E-state index is 11.3. The fourth-order valence-corrected chi connectivity index (χ4v) is 3.32. The highest BCUT2D eigenvalue weighted by molar-refractivity contribution is 7.80. The van der Waals surface area contributed by atoms with E-state index in [0.29, 0.717) is 11.3 Å². The zero-order valence-electron chi connectivity index (χ0n) is 13.1. The van der Waals surface area contributed by atoms with Crippen LogP contribution in [0.5, 0.6) is 0 Å². The summed E-state index contributed by atoms with van der Waals surface area (Å²) in [6, 6.07) is 13.1. The molecule has 7 heteroatoms. The van der Waals surface area contributed by atoms with Crippen LogP contribution in [0.25, 0.3) is 0 Å². The van der Waals surface area contributed by atoms with Crippen molar-refractivity contribution in [1.29, 1.82) is 0 Å². The minimum absolute atomic E-state index is 0.397. The average molecular weight is 345 g/mol. The van der Waals surface area contributed by atoms with Crippen LogP contribution in [0.1, 0.15) is 27.0 Å². The Morgan fingerprint density at radius 3 is 2.83 bits per heavy atom. The molecule has 2 aromatic carbocycles. The van der Waals surface area contributed by atoms with Crippen molar-refractivity contribution in [2.24, 2.45) is 5.73 Å². The highest BCUT2D eigenvalue weighted by Crippen LogP contribution is 2.22. The number of carbonyl (C=O) groups is 1. The number of hydrogen-bond donors (Lipinski definition) is 3. The van der Waals surface area contributed by atoms with Crippen molar-refractivity contribution in [2.75, 3.05) is 11.3 Å². The van der Waals surface area contributed by atoms with Crippen LogP contribution in [0, 0.1) is 0 Å². The molecule has 1 amide bonds. The Labute approximate surface area is 143 Å². The van der Waals surface area contributed by atoms with Gasteiger partial charge in [0, 0.05) is 30.9 Å². The van der Waals surface area contributed by atoms with E-state index in [1.165, 1.54) is 11.1 Å². The number of nitrogens with two attached hydrogens (primary N) is 1. The summed E-state index contributed by atoms with van der Waals surface area (Å²) in [4.78, 5) is 13.6. The molecule has 24 heavy (non-hydrogen) atoms. The molecule has 4 N–H and O–H groups in total. The molecule has 6 nitrogen and oxygen atoms in total. The van der Waals surface area contributed by atoms with Crippen molar-refractivity contribution >= 4 is 22.9 Å². The van der Waals surface area contributed by atoms with Crippen molar-refractivity contribution in [2.45, 2.75) is 19.5 Å². The van der Waals surface area contributed by atoms with Gasteiger partial charge in [-0.25, -0.2) is 4.21 Å². The van der Waals surface area contributed by atoms with Crippen LogP contribution in [0.4, 0.5) is 5.69 Å². The number of hydrogen-bond acceptors (Lipinski definition) is 3. The lowest BCUT2D eigenvalue weighted by Gasteiger charge is -2.29. The van der Waals surface area contributed by atoms with Crippen LogP contribution >= 0.6 is 0 Å². The van der Waals surface area contributed by atoms with Gasteiger partial charge in [0.05, 0.1) is 0 Å². The van der Waals surface area contributed by atoms with E-state index in [9.17, 15) is 9.00 Å². The Bertz CT molecular complexity index is 794. The Balaban J connectivity index is 1.70. The molecule has 0 spiro atoms. The summed E-state index contributed by atoms with van der Waals surface area (Å²) in [6.45, 7) is 2.45. The number of amides is 1. The zero-order valence-corrected chi connectivity index (χ0v) is 13.9. The topological polar surface area (TPSA) is 95.7 Å². The van der Waals surface area contributed by atoms with E-state index in [1.54, 1.807) is 12.1 Å². The first kappa shape index (κ1) is 16.6. The standard InChI is InChI=1S/C17H19N3O3S/c18-17(21)14-4-5-15-11-20(7-6-13(15)9-14)10-12-2-1-3-16(8-12)19-24(22)23/h1-5,8-9,19H,6-7,10-11H2,(H2,18,21)(H,22,23). The normalized spacial score (nSPS) is 15.5. The molecule has 0 saturated heterocycles. The van der Waals surface area contributed by atoms with Gasteiger partial charge in [0.2, 0.25) is 5.91 Å². The largest absolute Gasteiger partial charge is 0.366 e. The summed E-state index contributed by atoms with van der Waals surface area (Å²) >= 11 is -2.07.